The monoisotopic (exact) mass is 446 g/mol. The molecule has 0 aromatic heterocycles. The molecule has 0 bridgehead atoms. The Balaban J connectivity index is 1.89. The standard InChI is InChI=1S/C22H27FN4O3S/c1-4-5-19(26-21(29)24-14-15-6-8-16(23)9-7-15)20(28)25-17-10-12-18(13-11-17)31-22(30)27(2)3/h6-13,19H,4-5,14H2,1-3H3,(H,25,28)(H2,24,26,29). The molecule has 0 radical (unpaired) electrons. The Bertz CT molecular complexity index is 889. The number of thioether (sulfide) groups is 1. The minimum absolute atomic E-state index is 0.0874. The lowest BCUT2D eigenvalue weighted by Crippen LogP contribution is -2.47. The number of benzene rings is 2. The highest BCUT2D eigenvalue weighted by molar-refractivity contribution is 8.13. The first-order valence-electron chi connectivity index (χ1n) is 9.87. The van der Waals surface area contributed by atoms with E-state index in [-0.39, 0.29) is 23.5 Å². The van der Waals surface area contributed by atoms with Gasteiger partial charge in [-0.05, 0) is 60.1 Å². The van der Waals surface area contributed by atoms with Gasteiger partial charge in [-0.2, -0.15) is 0 Å². The van der Waals surface area contributed by atoms with Gasteiger partial charge in [0.25, 0.3) is 5.24 Å². The number of anilines is 1. The van der Waals surface area contributed by atoms with Gasteiger partial charge in [0, 0.05) is 31.2 Å². The highest BCUT2D eigenvalue weighted by atomic mass is 32.2. The molecule has 31 heavy (non-hydrogen) atoms. The molecular formula is C22H27FN4O3S. The first-order chi connectivity index (χ1) is 14.8. The molecule has 0 saturated heterocycles. The Hall–Kier alpha value is -3.07. The number of carbonyl (C=O) groups is 3. The fourth-order valence-electron chi connectivity index (χ4n) is 2.58. The predicted molar refractivity (Wildman–Crippen MR) is 120 cm³/mol. The van der Waals surface area contributed by atoms with Gasteiger partial charge in [-0.25, -0.2) is 9.18 Å². The summed E-state index contributed by atoms with van der Waals surface area (Å²) in [6.07, 6.45) is 1.18. The number of amides is 4. The minimum atomic E-state index is -0.706. The zero-order chi connectivity index (χ0) is 22.8. The second-order valence-electron chi connectivity index (χ2n) is 7.07. The van der Waals surface area contributed by atoms with E-state index in [0.717, 1.165) is 22.2 Å². The first-order valence-corrected chi connectivity index (χ1v) is 10.7. The molecule has 4 amide bonds. The van der Waals surface area contributed by atoms with Crippen molar-refractivity contribution in [3.63, 3.8) is 0 Å². The summed E-state index contributed by atoms with van der Waals surface area (Å²) >= 11 is 1.09. The maximum atomic E-state index is 13.0. The molecule has 0 aliphatic carbocycles. The van der Waals surface area contributed by atoms with Crippen LogP contribution in [0.2, 0.25) is 0 Å². The number of hydrogen-bond donors (Lipinski definition) is 3. The Morgan fingerprint density at radius 1 is 1.03 bits per heavy atom. The van der Waals surface area contributed by atoms with E-state index in [9.17, 15) is 18.8 Å². The molecule has 3 N–H and O–H groups in total. The van der Waals surface area contributed by atoms with E-state index in [0.29, 0.717) is 18.5 Å². The summed E-state index contributed by atoms with van der Waals surface area (Å²) < 4.78 is 13.0. The zero-order valence-electron chi connectivity index (χ0n) is 17.8. The summed E-state index contributed by atoms with van der Waals surface area (Å²) in [6, 6.07) is 11.5. The molecule has 0 heterocycles. The summed E-state index contributed by atoms with van der Waals surface area (Å²) in [5.74, 6) is -0.674. The molecule has 0 fully saturated rings. The third-order valence-corrected chi connectivity index (χ3v) is 5.31. The van der Waals surface area contributed by atoms with Crippen LogP contribution in [0.25, 0.3) is 0 Å². The molecule has 0 aliphatic heterocycles. The van der Waals surface area contributed by atoms with Gasteiger partial charge in [0.2, 0.25) is 5.91 Å². The maximum absolute atomic E-state index is 13.0. The smallest absolute Gasteiger partial charge is 0.315 e. The third kappa shape index (κ3) is 8.29. The maximum Gasteiger partial charge on any atom is 0.315 e. The van der Waals surface area contributed by atoms with Crippen LogP contribution in [-0.2, 0) is 11.3 Å². The highest BCUT2D eigenvalue weighted by Crippen LogP contribution is 2.22. The van der Waals surface area contributed by atoms with Crippen molar-refractivity contribution in [2.45, 2.75) is 37.2 Å². The lowest BCUT2D eigenvalue weighted by molar-refractivity contribution is -0.118. The van der Waals surface area contributed by atoms with Crippen LogP contribution < -0.4 is 16.0 Å². The zero-order valence-corrected chi connectivity index (χ0v) is 18.6. The Morgan fingerprint density at radius 3 is 2.26 bits per heavy atom. The number of carbonyl (C=O) groups excluding carboxylic acids is 3. The van der Waals surface area contributed by atoms with E-state index >= 15 is 0 Å². The Morgan fingerprint density at radius 2 is 1.68 bits per heavy atom. The van der Waals surface area contributed by atoms with Gasteiger partial charge in [-0.1, -0.05) is 25.5 Å². The van der Waals surface area contributed by atoms with E-state index in [4.69, 9.17) is 0 Å². The third-order valence-electron chi connectivity index (χ3n) is 4.26. The van der Waals surface area contributed by atoms with E-state index < -0.39 is 12.1 Å². The molecule has 1 unspecified atom stereocenters. The predicted octanol–water partition coefficient (Wildman–Crippen LogP) is 4.21. The van der Waals surface area contributed by atoms with Crippen LogP contribution in [0.1, 0.15) is 25.3 Å². The molecule has 2 aromatic carbocycles. The van der Waals surface area contributed by atoms with Crippen molar-refractivity contribution in [2.75, 3.05) is 19.4 Å². The van der Waals surface area contributed by atoms with Crippen LogP contribution in [0.15, 0.2) is 53.4 Å². The van der Waals surface area contributed by atoms with Gasteiger partial charge in [0.1, 0.15) is 11.9 Å². The molecule has 2 aromatic rings. The van der Waals surface area contributed by atoms with E-state index in [1.165, 1.54) is 17.0 Å². The largest absolute Gasteiger partial charge is 0.339 e. The van der Waals surface area contributed by atoms with Gasteiger partial charge in [0.15, 0.2) is 0 Å². The van der Waals surface area contributed by atoms with E-state index in [1.807, 2.05) is 6.92 Å². The van der Waals surface area contributed by atoms with Gasteiger partial charge in [-0.3, -0.25) is 9.59 Å². The van der Waals surface area contributed by atoms with Crippen LogP contribution in [-0.4, -0.2) is 42.2 Å². The second kappa shape index (κ2) is 11.9. The molecule has 2 rings (SSSR count). The van der Waals surface area contributed by atoms with Gasteiger partial charge >= 0.3 is 6.03 Å². The molecule has 7 nitrogen and oxygen atoms in total. The lowest BCUT2D eigenvalue weighted by Gasteiger charge is -2.18. The first kappa shape index (κ1) is 24.2. The fraction of sp³-hybridized carbons (Fsp3) is 0.318. The second-order valence-corrected chi connectivity index (χ2v) is 8.10. The molecule has 0 saturated carbocycles. The molecule has 0 aliphatic rings. The molecule has 9 heteroatoms. The van der Waals surface area contributed by atoms with Crippen LogP contribution in [0.3, 0.4) is 0 Å². The average molecular weight is 447 g/mol. The van der Waals surface area contributed by atoms with Crippen LogP contribution in [0, 0.1) is 5.82 Å². The van der Waals surface area contributed by atoms with Crippen molar-refractivity contribution in [1.82, 2.24) is 15.5 Å². The molecular weight excluding hydrogens is 419 g/mol. The van der Waals surface area contributed by atoms with Crippen molar-refractivity contribution in [3.05, 3.63) is 59.9 Å². The topological polar surface area (TPSA) is 90.5 Å². The van der Waals surface area contributed by atoms with E-state index in [2.05, 4.69) is 16.0 Å². The number of rotatable bonds is 8. The number of hydrogen-bond acceptors (Lipinski definition) is 4. The van der Waals surface area contributed by atoms with Gasteiger partial charge < -0.3 is 20.9 Å². The molecule has 166 valence electrons. The summed E-state index contributed by atoms with van der Waals surface area (Å²) in [7, 11) is 3.36. The highest BCUT2D eigenvalue weighted by Gasteiger charge is 2.20. The Kier molecular flexibility index (Phi) is 9.33. The molecule has 0 spiro atoms. The number of nitrogens with one attached hydrogen (secondary N) is 3. The Labute approximate surface area is 185 Å². The number of halogens is 1. The summed E-state index contributed by atoms with van der Waals surface area (Å²) in [6.45, 7) is 2.14. The average Bonchev–Trinajstić information content (AvgIpc) is 2.74. The van der Waals surface area contributed by atoms with Crippen molar-refractivity contribution < 1.29 is 18.8 Å². The summed E-state index contributed by atoms with van der Waals surface area (Å²) in [5, 5.41) is 8.05. The summed E-state index contributed by atoms with van der Waals surface area (Å²) in [4.78, 5) is 38.9. The lowest BCUT2D eigenvalue weighted by atomic mass is 10.1. The van der Waals surface area contributed by atoms with E-state index in [1.54, 1.807) is 50.5 Å². The minimum Gasteiger partial charge on any atom is -0.339 e. The van der Waals surface area contributed by atoms with Gasteiger partial charge in [-0.15, -0.1) is 0 Å². The van der Waals surface area contributed by atoms with Crippen molar-refractivity contribution in [3.8, 4) is 0 Å². The van der Waals surface area contributed by atoms with Crippen molar-refractivity contribution in [2.24, 2.45) is 0 Å². The van der Waals surface area contributed by atoms with Crippen LogP contribution in [0.5, 0.6) is 0 Å². The van der Waals surface area contributed by atoms with Crippen molar-refractivity contribution >= 4 is 34.6 Å². The summed E-state index contributed by atoms with van der Waals surface area (Å²) in [5.41, 5.74) is 1.32. The number of urea groups is 1. The molecule has 1 atom stereocenters. The SMILES string of the molecule is CCCC(NC(=O)NCc1ccc(F)cc1)C(=O)Nc1ccc(SC(=O)N(C)C)cc1. The van der Waals surface area contributed by atoms with Crippen LogP contribution >= 0.6 is 11.8 Å². The number of nitrogens with zero attached hydrogens (tertiary/aromatic N) is 1. The normalized spacial score (nSPS) is 11.4. The van der Waals surface area contributed by atoms with Crippen molar-refractivity contribution in [1.29, 1.82) is 0 Å². The van der Waals surface area contributed by atoms with Gasteiger partial charge in [0.05, 0.1) is 0 Å². The van der Waals surface area contributed by atoms with Crippen LogP contribution in [0.4, 0.5) is 19.7 Å². The quantitative estimate of drug-likeness (QED) is 0.530. The fourth-order valence-corrected chi connectivity index (χ4v) is 3.24.